The normalized spacial score (nSPS) is 15.0. The van der Waals surface area contributed by atoms with Crippen molar-refractivity contribution < 1.29 is 57.6 Å². The maximum atomic E-state index is 12.5. The van der Waals surface area contributed by atoms with Crippen molar-refractivity contribution in [2.75, 3.05) is 26.4 Å². The van der Waals surface area contributed by atoms with Gasteiger partial charge in [0.2, 0.25) is 0 Å². The van der Waals surface area contributed by atoms with E-state index in [4.69, 9.17) is 28.8 Å². The summed E-state index contributed by atoms with van der Waals surface area (Å²) in [5.41, 5.74) is 0. The number of unbranched alkanes of at least 4 members (excludes halogenated alkanes) is 22. The van der Waals surface area contributed by atoms with E-state index >= 15 is 0 Å². The third-order valence-electron chi connectivity index (χ3n) is 17.3. The molecule has 6 atom stereocenters. The second kappa shape index (κ2) is 73.7. The highest BCUT2D eigenvalue weighted by Crippen LogP contribution is 2.36. The quantitative estimate of drug-likeness (QED) is 0.0264. The summed E-state index contributed by atoms with van der Waals surface area (Å²) >= 11 is 0. The van der Waals surface area contributed by atoms with Gasteiger partial charge in [0.05, 0.1) is 39.3 Å². The lowest BCUT2D eigenvalue weighted by molar-refractivity contribution is -0.151. The second-order valence-electron chi connectivity index (χ2n) is 25.8. The SMILES string of the molecule is CC.CC=O.CCC1CCC1COC(C)=O.CCCCC(CC)C(C)C.CCCCCCCCC.CCCCCCCCC(=O)OCC(CC(=O)O)CC(C)CC.CCCCCCCCOC(=O)CC(COC(=O)CCCCCCCC)CC(=O)C1CCC1. The number of ketones is 1. The molecule has 0 amide bonds. The minimum absolute atomic E-state index is 0.0686. The Morgan fingerprint density at radius 2 is 0.899 bits per heavy atom. The molecule has 0 aliphatic heterocycles. The number of aldehydes is 1. The first-order valence-corrected chi connectivity index (χ1v) is 37.6. The van der Waals surface area contributed by atoms with Crippen molar-refractivity contribution in [2.45, 2.75) is 380 Å². The van der Waals surface area contributed by atoms with Gasteiger partial charge in [-0.1, -0.05) is 283 Å². The first-order valence-electron chi connectivity index (χ1n) is 37.6. The molecule has 530 valence electrons. The number of Topliss-reactive ketones (excluding diaryl/α,β-unsaturated/α-hetero) is 1. The summed E-state index contributed by atoms with van der Waals surface area (Å²) in [7, 11) is 0. The lowest BCUT2D eigenvalue weighted by Gasteiger charge is -2.35. The average Bonchev–Trinajstić information content (AvgIpc) is 3.53. The number of rotatable bonds is 49. The molecule has 0 heterocycles. The van der Waals surface area contributed by atoms with Gasteiger partial charge in [0.1, 0.15) is 12.1 Å². The van der Waals surface area contributed by atoms with Gasteiger partial charge in [0.15, 0.2) is 0 Å². The van der Waals surface area contributed by atoms with Crippen molar-refractivity contribution in [3.63, 3.8) is 0 Å². The molecule has 0 saturated heterocycles. The van der Waals surface area contributed by atoms with Gasteiger partial charge in [-0.05, 0) is 87.9 Å². The zero-order valence-corrected chi connectivity index (χ0v) is 61.7. The first kappa shape index (κ1) is 94.4. The zero-order valence-electron chi connectivity index (χ0n) is 61.7. The highest BCUT2D eigenvalue weighted by molar-refractivity contribution is 5.82. The number of hydrogen-bond donors (Lipinski definition) is 1. The summed E-state index contributed by atoms with van der Waals surface area (Å²) in [5.74, 6) is 2.14. The Morgan fingerprint density at radius 3 is 1.25 bits per heavy atom. The van der Waals surface area contributed by atoms with Crippen molar-refractivity contribution in [2.24, 2.45) is 47.3 Å². The number of ether oxygens (including phenoxy) is 4. The Balaban J connectivity index is -0.000000354. The molecule has 1 N–H and O–H groups in total. The Morgan fingerprint density at radius 1 is 0.483 bits per heavy atom. The Labute approximate surface area is 551 Å². The van der Waals surface area contributed by atoms with Gasteiger partial charge in [-0.15, -0.1) is 0 Å². The van der Waals surface area contributed by atoms with Crippen LogP contribution in [0.2, 0.25) is 0 Å². The number of esters is 4. The number of hydrogen-bond acceptors (Lipinski definition) is 11. The number of carboxylic acid groups (broad SMARTS) is 1. The van der Waals surface area contributed by atoms with Gasteiger partial charge in [0.25, 0.3) is 0 Å². The predicted molar refractivity (Wildman–Crippen MR) is 375 cm³/mol. The van der Waals surface area contributed by atoms with Gasteiger partial charge >= 0.3 is 29.8 Å². The van der Waals surface area contributed by atoms with Crippen molar-refractivity contribution in [1.82, 2.24) is 0 Å². The summed E-state index contributed by atoms with van der Waals surface area (Å²) < 4.78 is 21.1. The third kappa shape index (κ3) is 68.9. The van der Waals surface area contributed by atoms with E-state index in [1.54, 1.807) is 0 Å². The Kier molecular flexibility index (Phi) is 78.2. The molecular weight excluding hydrogens is 1120 g/mol. The van der Waals surface area contributed by atoms with Gasteiger partial charge in [-0.2, -0.15) is 0 Å². The topological polar surface area (TPSA) is 177 Å². The van der Waals surface area contributed by atoms with Crippen molar-refractivity contribution in [1.29, 1.82) is 0 Å². The third-order valence-corrected chi connectivity index (χ3v) is 17.3. The van der Waals surface area contributed by atoms with Crippen molar-refractivity contribution in [3.05, 3.63) is 0 Å². The lowest BCUT2D eigenvalue weighted by atomic mass is 9.73. The van der Waals surface area contributed by atoms with Gasteiger partial charge in [0, 0.05) is 43.9 Å². The number of aliphatic carboxylic acids is 1. The predicted octanol–water partition coefficient (Wildman–Crippen LogP) is 22.6. The van der Waals surface area contributed by atoms with Gasteiger partial charge in [-0.3, -0.25) is 28.8 Å². The van der Waals surface area contributed by atoms with Crippen LogP contribution in [-0.4, -0.2) is 73.4 Å². The second-order valence-corrected chi connectivity index (χ2v) is 25.8. The molecule has 0 aromatic carbocycles. The maximum Gasteiger partial charge on any atom is 0.306 e. The standard InChI is InChI=1S/C27H48O5.C18H34O4.C10H22.C9H16O2.C9H20.C2H4O.C2H6/c1-3-5-7-9-11-13-18-26(29)32-22-23(20-25(28)24-16-15-17-24)21-27(30)31-19-14-12-10-8-6-4-2;1-4-6-7-8-9-10-11-18(21)22-14-16(13-17(19)20)12-15(3)5-2;1-5-7-8-10(6-2)9(3)4;1-3-8-4-5-9(8)6-11-7(2)10;1-3-5-7-9-8-6-4-2;1-2-3;1-2/h23-24H,3-22H2,1-2H3;15-16H,4-14H2,1-3H3,(H,19,20);9-10H,5-8H2,1-4H3;8-9H,3-6H2,1-2H3;3-9H2,1-2H3;2H,1H3;1-2H3. The molecule has 0 radical (unpaired) electrons. The largest absolute Gasteiger partial charge is 0.481 e. The molecule has 0 spiro atoms. The highest BCUT2D eigenvalue weighted by atomic mass is 16.5. The van der Waals surface area contributed by atoms with Crippen LogP contribution in [0.5, 0.6) is 0 Å². The summed E-state index contributed by atoms with van der Waals surface area (Å²) in [6, 6.07) is 0. The van der Waals surface area contributed by atoms with Crippen LogP contribution < -0.4 is 0 Å². The smallest absolute Gasteiger partial charge is 0.306 e. The monoisotopic (exact) mass is 1270 g/mol. The first-order chi connectivity index (χ1) is 42.8. The van der Waals surface area contributed by atoms with Crippen LogP contribution in [0.25, 0.3) is 0 Å². The molecule has 0 aromatic heterocycles. The summed E-state index contributed by atoms with van der Waals surface area (Å²) in [6.45, 7) is 35.1. The van der Waals surface area contributed by atoms with Crippen LogP contribution >= 0.6 is 0 Å². The molecule has 89 heavy (non-hydrogen) atoms. The van der Waals surface area contributed by atoms with Crippen molar-refractivity contribution >= 4 is 41.9 Å². The molecule has 0 aromatic rings. The molecule has 12 heteroatoms. The van der Waals surface area contributed by atoms with Crippen LogP contribution in [0.15, 0.2) is 0 Å². The fourth-order valence-electron chi connectivity index (χ4n) is 10.7. The molecule has 2 rings (SSSR count). The molecular formula is C77H150O12. The van der Waals surface area contributed by atoms with Crippen LogP contribution in [0, 0.1) is 47.3 Å². The van der Waals surface area contributed by atoms with Crippen LogP contribution in [-0.2, 0) is 52.5 Å². The van der Waals surface area contributed by atoms with Crippen LogP contribution in [0.1, 0.15) is 380 Å². The number of carboxylic acids is 1. The van der Waals surface area contributed by atoms with E-state index in [-0.39, 0.29) is 73.5 Å². The summed E-state index contributed by atoms with van der Waals surface area (Å²) in [5, 5.41) is 8.94. The van der Waals surface area contributed by atoms with E-state index in [0.29, 0.717) is 44.3 Å². The average molecular weight is 1270 g/mol. The van der Waals surface area contributed by atoms with Gasteiger partial charge < -0.3 is 28.8 Å². The fraction of sp³-hybridized carbons (Fsp3) is 0.909. The van der Waals surface area contributed by atoms with Crippen LogP contribution in [0.4, 0.5) is 0 Å². The lowest BCUT2D eigenvalue weighted by Crippen LogP contribution is -2.29. The van der Waals surface area contributed by atoms with Gasteiger partial charge in [-0.25, -0.2) is 0 Å². The maximum absolute atomic E-state index is 12.5. The summed E-state index contributed by atoms with van der Waals surface area (Å²) in [4.78, 5) is 78.7. The Hall–Kier alpha value is -3.31. The van der Waals surface area contributed by atoms with E-state index in [1.807, 2.05) is 13.8 Å². The fourth-order valence-corrected chi connectivity index (χ4v) is 10.7. The van der Waals surface area contributed by atoms with E-state index in [0.717, 1.165) is 101 Å². The molecule has 6 unspecified atom stereocenters. The van der Waals surface area contributed by atoms with Crippen LogP contribution in [0.3, 0.4) is 0 Å². The minimum Gasteiger partial charge on any atom is -0.481 e. The molecule has 2 fully saturated rings. The number of carbonyl (C=O) groups is 7. The molecule has 2 aliphatic rings. The summed E-state index contributed by atoms with van der Waals surface area (Å²) in [6.07, 6.45) is 46.7. The van der Waals surface area contributed by atoms with E-state index in [9.17, 15) is 28.8 Å². The van der Waals surface area contributed by atoms with E-state index < -0.39 is 5.97 Å². The zero-order chi connectivity index (χ0) is 68.1. The van der Waals surface area contributed by atoms with Crippen molar-refractivity contribution in [3.8, 4) is 0 Å². The molecule has 2 aliphatic carbocycles. The molecule has 2 saturated carbocycles. The highest BCUT2D eigenvalue weighted by Gasteiger charge is 2.30. The minimum atomic E-state index is -0.819. The van der Waals surface area contributed by atoms with E-state index in [1.165, 1.54) is 174 Å². The number of carbonyl (C=O) groups excluding carboxylic acids is 6. The molecule has 0 bridgehead atoms. The Bertz CT molecular complexity index is 1550. The van der Waals surface area contributed by atoms with E-state index in [2.05, 4.69) is 83.1 Å². The molecule has 12 nitrogen and oxygen atoms in total.